The van der Waals surface area contributed by atoms with Crippen molar-refractivity contribution in [2.24, 2.45) is 0 Å². The van der Waals surface area contributed by atoms with Gasteiger partial charge >= 0.3 is 0 Å². The van der Waals surface area contributed by atoms with E-state index in [4.69, 9.17) is 5.73 Å². The smallest absolute Gasteiger partial charge is 0.253 e. The molecule has 2 aromatic rings. The second kappa shape index (κ2) is 11.5. The molecule has 0 aliphatic carbocycles. The number of nitrogens with zero attached hydrogens (tertiary/aromatic N) is 1. The average molecular weight is 347 g/mol. The van der Waals surface area contributed by atoms with Crippen LogP contribution in [0.15, 0.2) is 27.8 Å². The second-order valence-corrected chi connectivity index (χ2v) is 5.64. The maximum Gasteiger partial charge on any atom is 0.253 e. The van der Waals surface area contributed by atoms with E-state index in [1.165, 1.54) is 18.4 Å². The van der Waals surface area contributed by atoms with E-state index < -0.39 is 10.9 Å². The molecule has 0 heterocycles. The van der Waals surface area contributed by atoms with Gasteiger partial charge in [0.05, 0.1) is 0 Å². The minimum absolute atomic E-state index is 0.0770. The molecule has 0 bridgehead atoms. The zero-order valence-corrected chi connectivity index (χ0v) is 16.9. The zero-order chi connectivity index (χ0) is 19.6. The van der Waals surface area contributed by atoms with E-state index in [2.05, 4.69) is 32.9 Å². The Balaban J connectivity index is 0.000000845. The van der Waals surface area contributed by atoms with Crippen molar-refractivity contribution in [3.05, 3.63) is 49.8 Å². The number of hydrogen-bond acceptors (Lipinski definition) is 4. The highest BCUT2D eigenvalue weighted by atomic mass is 16.2. The first-order chi connectivity index (χ1) is 11.9. The molecule has 0 saturated carbocycles. The topological polar surface area (TPSA) is 63.4 Å². The molecule has 2 N–H and O–H groups in total. The van der Waals surface area contributed by atoms with Crippen LogP contribution in [0.3, 0.4) is 0 Å². The summed E-state index contributed by atoms with van der Waals surface area (Å²) in [6.45, 7) is 15.0. The van der Waals surface area contributed by atoms with Gasteiger partial charge in [-0.2, -0.15) is 0 Å². The summed E-state index contributed by atoms with van der Waals surface area (Å²) in [5.74, 6) is 0. The Morgan fingerprint density at radius 2 is 1.52 bits per heavy atom. The van der Waals surface area contributed by atoms with Crippen molar-refractivity contribution >= 4 is 17.1 Å². The Bertz CT molecular complexity index is 711. The van der Waals surface area contributed by atoms with Crippen molar-refractivity contribution in [2.75, 3.05) is 17.2 Å². The number of hydrogen-bond donors (Lipinski definition) is 1. The summed E-state index contributed by atoms with van der Waals surface area (Å²) in [6.07, 6.45) is 3.56. The highest BCUT2D eigenvalue weighted by Gasteiger charge is 2.24. The van der Waals surface area contributed by atoms with Gasteiger partial charge in [0.25, 0.3) is 10.9 Å². The van der Waals surface area contributed by atoms with Crippen LogP contribution >= 0.6 is 0 Å². The number of unbranched alkanes of at least 4 members (excludes halogenated alkanes) is 1. The normalized spacial score (nSPS) is 9.72. The van der Waals surface area contributed by atoms with Gasteiger partial charge in [0.1, 0.15) is 11.4 Å². The van der Waals surface area contributed by atoms with E-state index in [1.807, 2.05) is 38.7 Å². The fourth-order valence-corrected chi connectivity index (χ4v) is 2.28. The Labute approximate surface area is 152 Å². The summed E-state index contributed by atoms with van der Waals surface area (Å²) < 4.78 is 0. The summed E-state index contributed by atoms with van der Waals surface area (Å²) >= 11 is 0. The molecule has 0 radical (unpaired) electrons. The molecule has 25 heavy (non-hydrogen) atoms. The van der Waals surface area contributed by atoms with E-state index in [1.54, 1.807) is 0 Å². The van der Waals surface area contributed by atoms with Gasteiger partial charge in [-0.05, 0) is 37.5 Å². The molecule has 4 heteroatoms. The number of nitrogen functional groups attached to an aromatic ring is 1. The Morgan fingerprint density at radius 1 is 0.960 bits per heavy atom. The third-order valence-corrected chi connectivity index (χ3v) is 3.98. The first kappa shape index (κ1) is 22.9. The van der Waals surface area contributed by atoms with Gasteiger partial charge in [-0.25, -0.2) is 0 Å². The number of benzene rings is 1. The lowest BCUT2D eigenvalue weighted by molar-refractivity contribution is 0.886. The lowest BCUT2D eigenvalue weighted by Gasteiger charge is -2.27. The first-order valence-electron chi connectivity index (χ1n) is 9.38. The quantitative estimate of drug-likeness (QED) is 0.795. The van der Waals surface area contributed by atoms with Crippen LogP contribution in [0.5, 0.6) is 0 Å². The van der Waals surface area contributed by atoms with E-state index in [0.29, 0.717) is 12.2 Å². The van der Waals surface area contributed by atoms with Gasteiger partial charge in [0.15, 0.2) is 0 Å². The average Bonchev–Trinajstić information content (AvgIpc) is 2.67. The maximum atomic E-state index is 11.7. The molecule has 0 aromatic heterocycles. The highest BCUT2D eigenvalue weighted by molar-refractivity contribution is 5.79. The third kappa shape index (κ3) is 5.45. The fraction of sp³-hybridized carbons (Fsp3) is 0.524. The third-order valence-electron chi connectivity index (χ3n) is 3.98. The predicted octanol–water partition coefficient (Wildman–Crippen LogP) is 4.73. The second-order valence-electron chi connectivity index (χ2n) is 5.64. The van der Waals surface area contributed by atoms with Crippen LogP contribution in [0, 0.1) is 6.92 Å². The van der Waals surface area contributed by atoms with Gasteiger partial charge in [0, 0.05) is 12.2 Å². The van der Waals surface area contributed by atoms with Crippen molar-refractivity contribution in [3.8, 4) is 0 Å². The molecule has 2 aromatic carbocycles. The van der Waals surface area contributed by atoms with E-state index in [-0.39, 0.29) is 5.69 Å². The highest BCUT2D eigenvalue weighted by Crippen LogP contribution is 2.30. The number of rotatable bonds is 5. The Hall–Kier alpha value is -2.10. The van der Waals surface area contributed by atoms with Crippen LogP contribution in [0.4, 0.5) is 17.1 Å². The minimum Gasteiger partial charge on any atom is -0.394 e. The van der Waals surface area contributed by atoms with Gasteiger partial charge in [-0.15, -0.1) is 0 Å². The summed E-state index contributed by atoms with van der Waals surface area (Å²) in [5, 5.41) is 0. The van der Waals surface area contributed by atoms with Crippen molar-refractivity contribution in [2.45, 2.75) is 67.7 Å². The molecule has 0 saturated heterocycles. The van der Waals surface area contributed by atoms with Crippen LogP contribution in [0.2, 0.25) is 0 Å². The van der Waals surface area contributed by atoms with Gasteiger partial charge in [-0.3, -0.25) is 9.59 Å². The van der Waals surface area contributed by atoms with Gasteiger partial charge in [0.2, 0.25) is 0 Å². The zero-order valence-electron chi connectivity index (χ0n) is 16.9. The van der Waals surface area contributed by atoms with E-state index in [9.17, 15) is 9.59 Å². The summed E-state index contributed by atoms with van der Waals surface area (Å²) in [4.78, 5) is 24.8. The minimum atomic E-state index is -0.572. The first-order valence-corrected chi connectivity index (χ1v) is 9.38. The molecule has 0 unspecified atom stereocenters. The van der Waals surface area contributed by atoms with E-state index in [0.717, 1.165) is 17.7 Å². The summed E-state index contributed by atoms with van der Waals surface area (Å²) in [6, 6.07) is 6.14. The monoisotopic (exact) mass is 346 g/mol. The molecule has 0 aliphatic rings. The molecular formula is C21H34N2O2. The molecule has 2 rings (SSSR count). The Kier molecular flexibility index (Phi) is 10.5. The van der Waals surface area contributed by atoms with Crippen molar-refractivity contribution in [1.82, 2.24) is 0 Å². The fourth-order valence-electron chi connectivity index (χ4n) is 2.28. The van der Waals surface area contributed by atoms with Gasteiger partial charge in [-0.1, -0.05) is 59.6 Å². The summed E-state index contributed by atoms with van der Waals surface area (Å²) in [7, 11) is 0. The van der Waals surface area contributed by atoms with Gasteiger partial charge < -0.3 is 10.6 Å². The molecule has 4 nitrogen and oxygen atoms in total. The molecule has 140 valence electrons. The lowest BCUT2D eigenvalue weighted by Crippen LogP contribution is -2.41. The number of nitrogens with two attached hydrogens (primary N) is 1. The van der Waals surface area contributed by atoms with E-state index >= 15 is 0 Å². The Morgan fingerprint density at radius 3 is 1.92 bits per heavy atom. The maximum absolute atomic E-state index is 11.7. The van der Waals surface area contributed by atoms with Crippen LogP contribution in [0.1, 0.15) is 65.5 Å². The van der Waals surface area contributed by atoms with Crippen molar-refractivity contribution in [3.63, 3.8) is 0 Å². The van der Waals surface area contributed by atoms with Crippen LogP contribution in [-0.4, -0.2) is 6.54 Å². The molecule has 0 atom stereocenters. The number of aryl methyl sites for hydroxylation is 2. The van der Waals surface area contributed by atoms with Crippen LogP contribution < -0.4 is 21.5 Å². The van der Waals surface area contributed by atoms with Crippen LogP contribution in [-0.2, 0) is 6.42 Å². The SMILES string of the molecule is CC.CCCC.CCc1ccc(C)c(N(CC)c2c(N)c(=O)c2=O)c1. The molecule has 0 spiro atoms. The van der Waals surface area contributed by atoms with Crippen molar-refractivity contribution in [1.29, 1.82) is 0 Å². The largest absolute Gasteiger partial charge is 0.394 e. The summed E-state index contributed by atoms with van der Waals surface area (Å²) in [5.41, 5.74) is 8.21. The predicted molar refractivity (Wildman–Crippen MR) is 111 cm³/mol. The number of anilines is 3. The van der Waals surface area contributed by atoms with Crippen LogP contribution in [0.25, 0.3) is 0 Å². The molecule has 0 aliphatic heterocycles. The van der Waals surface area contributed by atoms with Crippen molar-refractivity contribution < 1.29 is 0 Å². The molecule has 0 fully saturated rings. The molecular weight excluding hydrogens is 312 g/mol. The lowest BCUT2D eigenvalue weighted by atomic mass is 10.1. The standard InChI is InChI=1S/C15H18N2O2.C4H10.C2H6/c1-4-10-7-6-9(3)11(8-10)17(5-2)13-12(16)14(18)15(13)19;1-3-4-2;1-2/h6-8H,4-5,16H2,1-3H3;3-4H2,1-2H3;1-2H3. The molecule has 0 amide bonds.